The van der Waals surface area contributed by atoms with Gasteiger partial charge in [0, 0.05) is 13.1 Å². The fourth-order valence-electron chi connectivity index (χ4n) is 4.25. The Morgan fingerprint density at radius 1 is 1.26 bits per heavy atom. The molecular formula is C22H33NO4. The Labute approximate surface area is 162 Å². The molecule has 4 rings (SSSR count). The SMILES string of the molecule is COc1ccccc1OCCNC[C@@H](O)COCC1=CC[C@H]2C[C@H]1C2(C)C. The van der Waals surface area contributed by atoms with Crippen LogP contribution in [0.1, 0.15) is 26.7 Å². The van der Waals surface area contributed by atoms with Gasteiger partial charge in [0.05, 0.1) is 26.4 Å². The van der Waals surface area contributed by atoms with Crippen molar-refractivity contribution in [2.24, 2.45) is 17.3 Å². The second kappa shape index (κ2) is 9.09. The van der Waals surface area contributed by atoms with E-state index < -0.39 is 6.10 Å². The van der Waals surface area contributed by atoms with Crippen molar-refractivity contribution in [1.29, 1.82) is 0 Å². The van der Waals surface area contributed by atoms with Crippen molar-refractivity contribution >= 4 is 0 Å². The molecule has 1 saturated carbocycles. The number of para-hydroxylation sites is 2. The summed E-state index contributed by atoms with van der Waals surface area (Å²) in [6, 6.07) is 7.58. The van der Waals surface area contributed by atoms with Crippen LogP contribution in [0.25, 0.3) is 0 Å². The maximum Gasteiger partial charge on any atom is 0.161 e. The maximum absolute atomic E-state index is 10.1. The van der Waals surface area contributed by atoms with Crippen molar-refractivity contribution in [1.82, 2.24) is 5.32 Å². The second-order valence-electron chi connectivity index (χ2n) is 8.19. The quantitative estimate of drug-likeness (QED) is 0.460. The highest BCUT2D eigenvalue weighted by Crippen LogP contribution is 2.59. The molecule has 1 aromatic carbocycles. The predicted molar refractivity (Wildman–Crippen MR) is 106 cm³/mol. The molecule has 3 aliphatic carbocycles. The van der Waals surface area contributed by atoms with Crippen molar-refractivity contribution in [3.05, 3.63) is 35.9 Å². The lowest BCUT2D eigenvalue weighted by molar-refractivity contribution is -0.0235. The van der Waals surface area contributed by atoms with Gasteiger partial charge in [0.25, 0.3) is 0 Å². The third-order valence-electron chi connectivity index (χ3n) is 6.15. The number of benzene rings is 1. The number of nitrogens with one attached hydrogen (secondary N) is 1. The number of hydrogen-bond donors (Lipinski definition) is 2. The van der Waals surface area contributed by atoms with Gasteiger partial charge in [-0.3, -0.25) is 0 Å². The standard InChI is InChI=1S/C22H33NO4/c1-22(2)17-9-8-16(19(22)12-17)14-26-15-18(24)13-23-10-11-27-21-7-5-4-6-20(21)25-3/h4-8,17-19,23-24H,9-15H2,1-3H3/t17-,18+,19+/m0/s1. The van der Waals surface area contributed by atoms with E-state index in [1.54, 1.807) is 7.11 Å². The van der Waals surface area contributed by atoms with E-state index in [1.165, 1.54) is 18.4 Å². The highest BCUT2D eigenvalue weighted by atomic mass is 16.5. The number of rotatable bonds is 11. The lowest BCUT2D eigenvalue weighted by atomic mass is 9.49. The molecule has 0 heterocycles. The van der Waals surface area contributed by atoms with Crippen molar-refractivity contribution in [3.8, 4) is 11.5 Å². The Morgan fingerprint density at radius 3 is 2.74 bits per heavy atom. The van der Waals surface area contributed by atoms with Crippen LogP contribution in [0.3, 0.4) is 0 Å². The van der Waals surface area contributed by atoms with Gasteiger partial charge in [0.2, 0.25) is 0 Å². The van der Waals surface area contributed by atoms with E-state index >= 15 is 0 Å². The molecule has 0 spiro atoms. The summed E-state index contributed by atoms with van der Waals surface area (Å²) in [5.74, 6) is 2.97. The molecule has 150 valence electrons. The molecule has 27 heavy (non-hydrogen) atoms. The number of fused-ring (bicyclic) bond motifs is 1. The van der Waals surface area contributed by atoms with Crippen LogP contribution >= 0.6 is 0 Å². The lowest BCUT2D eigenvalue weighted by Crippen LogP contribution is -2.48. The van der Waals surface area contributed by atoms with Gasteiger partial charge < -0.3 is 24.6 Å². The molecule has 0 radical (unpaired) electrons. The van der Waals surface area contributed by atoms with Gasteiger partial charge >= 0.3 is 0 Å². The largest absolute Gasteiger partial charge is 0.493 e. The molecule has 5 nitrogen and oxygen atoms in total. The zero-order valence-corrected chi connectivity index (χ0v) is 16.7. The maximum atomic E-state index is 10.1. The van der Waals surface area contributed by atoms with E-state index in [2.05, 4.69) is 25.2 Å². The first kappa shape index (κ1) is 20.2. The van der Waals surface area contributed by atoms with Crippen molar-refractivity contribution in [2.75, 3.05) is 40.0 Å². The number of hydrogen-bond acceptors (Lipinski definition) is 5. The molecule has 2 N–H and O–H groups in total. The second-order valence-corrected chi connectivity index (χ2v) is 8.19. The first-order valence-electron chi connectivity index (χ1n) is 9.93. The monoisotopic (exact) mass is 375 g/mol. The average molecular weight is 376 g/mol. The van der Waals surface area contributed by atoms with Crippen LogP contribution in [-0.4, -0.2) is 51.2 Å². The van der Waals surface area contributed by atoms with Crippen LogP contribution in [0.5, 0.6) is 11.5 Å². The Morgan fingerprint density at radius 2 is 2.04 bits per heavy atom. The Kier molecular flexibility index (Phi) is 6.79. The average Bonchev–Trinajstić information content (AvgIpc) is 2.68. The lowest BCUT2D eigenvalue weighted by Gasteiger charge is -2.56. The van der Waals surface area contributed by atoms with Crippen molar-refractivity contribution in [3.63, 3.8) is 0 Å². The highest BCUT2D eigenvalue weighted by Gasteiger charge is 2.50. The summed E-state index contributed by atoms with van der Waals surface area (Å²) in [6.07, 6.45) is 4.32. The molecule has 3 aliphatic rings. The molecule has 0 aliphatic heterocycles. The van der Waals surface area contributed by atoms with Gasteiger partial charge in [0.1, 0.15) is 6.61 Å². The molecule has 0 aromatic heterocycles. The summed E-state index contributed by atoms with van der Waals surface area (Å²) in [5, 5.41) is 13.3. The summed E-state index contributed by atoms with van der Waals surface area (Å²) in [5.41, 5.74) is 1.85. The Hall–Kier alpha value is -1.56. The minimum atomic E-state index is -0.511. The van der Waals surface area contributed by atoms with Crippen LogP contribution in [0, 0.1) is 17.3 Å². The molecule has 5 heteroatoms. The summed E-state index contributed by atoms with van der Waals surface area (Å²) < 4.78 is 16.7. The summed E-state index contributed by atoms with van der Waals surface area (Å²) in [4.78, 5) is 0. The van der Waals surface area contributed by atoms with E-state index in [0.29, 0.717) is 44.2 Å². The van der Waals surface area contributed by atoms with Gasteiger partial charge in [-0.05, 0) is 47.8 Å². The number of ether oxygens (including phenoxy) is 3. The van der Waals surface area contributed by atoms with Gasteiger partial charge in [-0.25, -0.2) is 0 Å². The highest BCUT2D eigenvalue weighted by molar-refractivity contribution is 5.39. The minimum absolute atomic E-state index is 0.355. The van der Waals surface area contributed by atoms with Gasteiger partial charge in [0.15, 0.2) is 11.5 Å². The van der Waals surface area contributed by atoms with Gasteiger partial charge in [-0.1, -0.05) is 32.1 Å². The van der Waals surface area contributed by atoms with E-state index in [9.17, 15) is 5.11 Å². The van der Waals surface area contributed by atoms with Crippen LogP contribution in [0.4, 0.5) is 0 Å². The van der Waals surface area contributed by atoms with E-state index in [4.69, 9.17) is 14.2 Å². The van der Waals surface area contributed by atoms with Crippen LogP contribution in [0.15, 0.2) is 35.9 Å². The van der Waals surface area contributed by atoms with E-state index in [0.717, 1.165) is 17.4 Å². The minimum Gasteiger partial charge on any atom is -0.493 e. The molecule has 1 aromatic rings. The summed E-state index contributed by atoms with van der Waals surface area (Å²) in [7, 11) is 1.63. The van der Waals surface area contributed by atoms with Crippen molar-refractivity contribution < 1.29 is 19.3 Å². The third kappa shape index (κ3) is 4.84. The molecule has 3 atom stereocenters. The molecular weight excluding hydrogens is 342 g/mol. The number of allylic oxidation sites excluding steroid dienone is 1. The molecule has 0 amide bonds. The fraction of sp³-hybridized carbons (Fsp3) is 0.636. The Balaban J connectivity index is 1.26. The predicted octanol–water partition coefficient (Wildman–Crippen LogP) is 3.03. The van der Waals surface area contributed by atoms with Gasteiger partial charge in [-0.15, -0.1) is 0 Å². The fourth-order valence-corrected chi connectivity index (χ4v) is 4.25. The first-order chi connectivity index (χ1) is 13.0. The summed E-state index contributed by atoms with van der Waals surface area (Å²) in [6.45, 7) is 7.39. The Bertz CT molecular complexity index is 643. The zero-order valence-electron chi connectivity index (χ0n) is 16.7. The molecule has 1 fully saturated rings. The topological polar surface area (TPSA) is 60.0 Å². The molecule has 2 bridgehead atoms. The number of aliphatic hydroxyl groups is 1. The van der Waals surface area contributed by atoms with Crippen LogP contribution in [0.2, 0.25) is 0 Å². The molecule has 0 unspecified atom stereocenters. The third-order valence-corrected chi connectivity index (χ3v) is 6.15. The smallest absolute Gasteiger partial charge is 0.161 e. The number of methoxy groups -OCH3 is 1. The first-order valence-corrected chi connectivity index (χ1v) is 9.93. The summed E-state index contributed by atoms with van der Waals surface area (Å²) >= 11 is 0. The van der Waals surface area contributed by atoms with E-state index in [1.807, 2.05) is 24.3 Å². The van der Waals surface area contributed by atoms with Crippen LogP contribution < -0.4 is 14.8 Å². The molecule has 0 saturated heterocycles. The van der Waals surface area contributed by atoms with Crippen molar-refractivity contribution in [2.45, 2.75) is 32.8 Å². The zero-order chi connectivity index (χ0) is 19.3. The van der Waals surface area contributed by atoms with Gasteiger partial charge in [-0.2, -0.15) is 0 Å². The normalized spacial score (nSPS) is 23.9. The van der Waals surface area contributed by atoms with E-state index in [-0.39, 0.29) is 0 Å². The van der Waals surface area contributed by atoms with Crippen LogP contribution in [-0.2, 0) is 4.74 Å². The number of aliphatic hydroxyl groups excluding tert-OH is 1.